The van der Waals surface area contributed by atoms with E-state index in [0.717, 1.165) is 11.3 Å². The Morgan fingerprint density at radius 1 is 1.10 bits per heavy atom. The second kappa shape index (κ2) is 10.8. The molecule has 2 atom stereocenters. The number of rotatable bonds is 8. The van der Waals surface area contributed by atoms with Gasteiger partial charge >= 0.3 is 0 Å². The average Bonchev–Trinajstić information content (AvgIpc) is 2.76. The standard InChI is InChI=1S/C22H26N4O3S/c1-26(18-10-6-3-7-11-18)21(29)15-30-22-24-17(13-20(28)25-22)12-19(27)23-14-16-8-4-2-5-9-16/h2-11,17,22,24H,12-15H2,1H3,(H,23,27)(H,25,28). The lowest BCUT2D eigenvalue weighted by Gasteiger charge is -2.31. The third-order valence-corrected chi connectivity index (χ3v) is 5.77. The SMILES string of the molecule is CN(C(=O)CSC1NC(=O)CC(CC(=O)NCc2ccccc2)N1)c1ccccc1. The minimum atomic E-state index is -0.411. The van der Waals surface area contributed by atoms with Gasteiger partial charge in [0.2, 0.25) is 17.7 Å². The molecule has 1 saturated heterocycles. The summed E-state index contributed by atoms with van der Waals surface area (Å²) in [5, 5.41) is 8.95. The van der Waals surface area contributed by atoms with Gasteiger partial charge in [-0.25, -0.2) is 0 Å². The van der Waals surface area contributed by atoms with Crippen molar-refractivity contribution in [1.82, 2.24) is 16.0 Å². The molecule has 158 valence electrons. The predicted octanol–water partition coefficient (Wildman–Crippen LogP) is 1.85. The topological polar surface area (TPSA) is 90.5 Å². The molecule has 1 heterocycles. The van der Waals surface area contributed by atoms with Gasteiger partial charge in [0.15, 0.2) is 0 Å². The minimum Gasteiger partial charge on any atom is -0.352 e. The fraction of sp³-hybridized carbons (Fsp3) is 0.318. The Kier molecular flexibility index (Phi) is 7.87. The smallest absolute Gasteiger partial charge is 0.236 e. The molecule has 3 N–H and O–H groups in total. The van der Waals surface area contributed by atoms with Crippen LogP contribution in [0.2, 0.25) is 0 Å². The van der Waals surface area contributed by atoms with Gasteiger partial charge in [-0.2, -0.15) is 0 Å². The molecule has 30 heavy (non-hydrogen) atoms. The molecule has 0 radical (unpaired) electrons. The van der Waals surface area contributed by atoms with E-state index in [1.54, 1.807) is 11.9 Å². The van der Waals surface area contributed by atoms with Crippen LogP contribution in [-0.2, 0) is 20.9 Å². The van der Waals surface area contributed by atoms with Crippen molar-refractivity contribution in [3.63, 3.8) is 0 Å². The van der Waals surface area contributed by atoms with Crippen LogP contribution >= 0.6 is 11.8 Å². The number of amides is 3. The molecule has 0 bridgehead atoms. The molecule has 3 amide bonds. The summed E-state index contributed by atoms with van der Waals surface area (Å²) in [7, 11) is 1.73. The lowest BCUT2D eigenvalue weighted by molar-refractivity contribution is -0.125. The highest BCUT2D eigenvalue weighted by molar-refractivity contribution is 8.00. The lowest BCUT2D eigenvalue weighted by Crippen LogP contribution is -2.56. The summed E-state index contributed by atoms with van der Waals surface area (Å²) in [5.41, 5.74) is 1.43. The number of para-hydroxylation sites is 1. The maximum Gasteiger partial charge on any atom is 0.236 e. The summed E-state index contributed by atoms with van der Waals surface area (Å²) < 4.78 is 0. The zero-order chi connectivity index (χ0) is 21.3. The molecule has 0 aromatic heterocycles. The average molecular weight is 427 g/mol. The highest BCUT2D eigenvalue weighted by Gasteiger charge is 2.28. The Morgan fingerprint density at radius 2 is 1.77 bits per heavy atom. The van der Waals surface area contributed by atoms with Crippen molar-refractivity contribution in [2.24, 2.45) is 0 Å². The van der Waals surface area contributed by atoms with Crippen LogP contribution in [-0.4, -0.2) is 42.1 Å². The third-order valence-electron chi connectivity index (χ3n) is 4.77. The van der Waals surface area contributed by atoms with Crippen molar-refractivity contribution in [3.05, 3.63) is 66.2 Å². The fourth-order valence-electron chi connectivity index (χ4n) is 3.10. The Hall–Kier alpha value is -2.84. The van der Waals surface area contributed by atoms with E-state index in [0.29, 0.717) is 6.54 Å². The van der Waals surface area contributed by atoms with E-state index in [9.17, 15) is 14.4 Å². The van der Waals surface area contributed by atoms with Crippen LogP contribution in [0.25, 0.3) is 0 Å². The zero-order valence-corrected chi connectivity index (χ0v) is 17.7. The molecule has 7 nitrogen and oxygen atoms in total. The maximum absolute atomic E-state index is 12.4. The Labute approximate surface area is 180 Å². The summed E-state index contributed by atoms with van der Waals surface area (Å²) >= 11 is 1.31. The molecule has 8 heteroatoms. The van der Waals surface area contributed by atoms with E-state index in [2.05, 4.69) is 16.0 Å². The first-order valence-corrected chi connectivity index (χ1v) is 10.9. The van der Waals surface area contributed by atoms with Gasteiger partial charge in [-0.05, 0) is 17.7 Å². The molecule has 1 aliphatic heterocycles. The van der Waals surface area contributed by atoms with E-state index in [-0.39, 0.29) is 42.4 Å². The van der Waals surface area contributed by atoms with Gasteiger partial charge in [0.1, 0.15) is 5.50 Å². The van der Waals surface area contributed by atoms with Gasteiger partial charge < -0.3 is 15.5 Å². The van der Waals surface area contributed by atoms with Crippen LogP contribution in [0, 0.1) is 0 Å². The van der Waals surface area contributed by atoms with Crippen molar-refractivity contribution >= 4 is 35.2 Å². The van der Waals surface area contributed by atoms with E-state index in [1.807, 2.05) is 60.7 Å². The summed E-state index contributed by atoms with van der Waals surface area (Å²) in [5.74, 6) is -0.105. The maximum atomic E-state index is 12.4. The van der Waals surface area contributed by atoms with Gasteiger partial charge in [0.25, 0.3) is 0 Å². The highest BCUT2D eigenvalue weighted by atomic mass is 32.2. The first kappa shape index (κ1) is 21.9. The lowest BCUT2D eigenvalue weighted by atomic mass is 10.1. The molecule has 0 saturated carbocycles. The first-order valence-electron chi connectivity index (χ1n) is 9.80. The Bertz CT molecular complexity index is 863. The van der Waals surface area contributed by atoms with Crippen LogP contribution in [0.3, 0.4) is 0 Å². The molecule has 1 aliphatic rings. The first-order chi connectivity index (χ1) is 14.5. The normalized spacial score (nSPS) is 18.4. The molecule has 0 aliphatic carbocycles. The molecular formula is C22H26N4O3S. The summed E-state index contributed by atoms with van der Waals surface area (Å²) in [6, 6.07) is 18.8. The second-order valence-corrected chi connectivity index (χ2v) is 8.17. The highest BCUT2D eigenvalue weighted by Crippen LogP contribution is 2.17. The summed E-state index contributed by atoms with van der Waals surface area (Å²) in [6.07, 6.45) is 0.433. The van der Waals surface area contributed by atoms with Crippen LogP contribution in [0.4, 0.5) is 5.69 Å². The summed E-state index contributed by atoms with van der Waals surface area (Å²) in [6.45, 7) is 0.455. The molecule has 3 rings (SSSR count). The molecule has 1 fully saturated rings. The van der Waals surface area contributed by atoms with E-state index >= 15 is 0 Å². The molecule has 2 unspecified atom stereocenters. The van der Waals surface area contributed by atoms with E-state index in [4.69, 9.17) is 0 Å². The molecule has 2 aromatic carbocycles. The van der Waals surface area contributed by atoms with Crippen LogP contribution < -0.4 is 20.9 Å². The summed E-state index contributed by atoms with van der Waals surface area (Å²) in [4.78, 5) is 38.3. The second-order valence-electron chi connectivity index (χ2n) is 7.08. The number of anilines is 1. The fourth-order valence-corrected chi connectivity index (χ4v) is 4.11. The van der Waals surface area contributed by atoms with Crippen molar-refractivity contribution in [3.8, 4) is 0 Å². The van der Waals surface area contributed by atoms with Crippen molar-refractivity contribution in [2.75, 3.05) is 17.7 Å². The van der Waals surface area contributed by atoms with Crippen LogP contribution in [0.15, 0.2) is 60.7 Å². The van der Waals surface area contributed by atoms with Crippen LogP contribution in [0.1, 0.15) is 18.4 Å². The monoisotopic (exact) mass is 426 g/mol. The van der Waals surface area contributed by atoms with Crippen LogP contribution in [0.5, 0.6) is 0 Å². The van der Waals surface area contributed by atoms with E-state index < -0.39 is 5.50 Å². The predicted molar refractivity (Wildman–Crippen MR) is 119 cm³/mol. The van der Waals surface area contributed by atoms with E-state index in [1.165, 1.54) is 11.8 Å². The molecular weight excluding hydrogens is 400 g/mol. The van der Waals surface area contributed by atoms with Gasteiger partial charge in [-0.1, -0.05) is 48.5 Å². The number of hydrogen-bond donors (Lipinski definition) is 3. The quantitative estimate of drug-likeness (QED) is 0.599. The Balaban J connectivity index is 1.44. The van der Waals surface area contributed by atoms with Crippen molar-refractivity contribution < 1.29 is 14.4 Å². The van der Waals surface area contributed by atoms with Crippen molar-refractivity contribution in [2.45, 2.75) is 30.9 Å². The number of nitrogens with one attached hydrogen (secondary N) is 3. The zero-order valence-electron chi connectivity index (χ0n) is 16.8. The van der Waals surface area contributed by atoms with Gasteiger partial charge in [-0.15, -0.1) is 11.8 Å². The third kappa shape index (κ3) is 6.60. The van der Waals surface area contributed by atoms with Gasteiger partial charge in [0, 0.05) is 38.2 Å². The number of carbonyl (C=O) groups excluding carboxylic acids is 3. The number of carbonyl (C=O) groups is 3. The number of thioether (sulfide) groups is 1. The van der Waals surface area contributed by atoms with Crippen molar-refractivity contribution in [1.29, 1.82) is 0 Å². The number of benzene rings is 2. The Morgan fingerprint density at radius 3 is 2.47 bits per heavy atom. The van der Waals surface area contributed by atoms with Gasteiger partial charge in [-0.3, -0.25) is 19.7 Å². The molecule has 0 spiro atoms. The number of nitrogens with zero attached hydrogens (tertiary/aromatic N) is 1. The number of hydrogen-bond acceptors (Lipinski definition) is 5. The van der Waals surface area contributed by atoms with Gasteiger partial charge in [0.05, 0.1) is 5.75 Å². The minimum absolute atomic E-state index is 0.0648. The largest absolute Gasteiger partial charge is 0.352 e. The molecule has 2 aromatic rings.